The lowest BCUT2D eigenvalue weighted by Gasteiger charge is -2.25. The number of rotatable bonds is 44. The molecule has 0 radical (unpaired) electrons. The van der Waals surface area contributed by atoms with E-state index in [0.29, 0.717) is 17.4 Å². The first-order valence-electron chi connectivity index (χ1n) is 24.5. The number of phosphoric acid groups is 1. The van der Waals surface area contributed by atoms with Gasteiger partial charge in [0.15, 0.2) is 0 Å². The standard InChI is InChI=1S/C50H95N2O6P/c1-6-8-10-12-14-16-18-20-22-24-26-27-29-31-33-35-37-39-41-43-49(53)48(47-58-59(55,56)57-46-45-52(3,4)5)51-50(54)44-42-40-38-36-34-32-30-28-25-23-21-19-17-15-13-11-9-7-2/h17,19,23,25,33,35,41,43,48-49,53H,6-16,18,20-22,24,26-32,34,36-40,42,44-47H2,1-5H3,(H-,51,54,55,56)/p+1/b19-17-,25-23-,35-33+,43-41+. The van der Waals surface area contributed by atoms with Crippen LogP contribution in [0.2, 0.25) is 0 Å². The zero-order chi connectivity index (χ0) is 43.6. The first-order chi connectivity index (χ1) is 28.5. The van der Waals surface area contributed by atoms with Crippen molar-refractivity contribution in [3.8, 4) is 0 Å². The van der Waals surface area contributed by atoms with Gasteiger partial charge in [-0.05, 0) is 64.2 Å². The Morgan fingerprint density at radius 1 is 0.576 bits per heavy atom. The van der Waals surface area contributed by atoms with Crippen molar-refractivity contribution in [2.75, 3.05) is 40.9 Å². The van der Waals surface area contributed by atoms with Crippen LogP contribution in [0.5, 0.6) is 0 Å². The van der Waals surface area contributed by atoms with E-state index in [4.69, 9.17) is 9.05 Å². The third-order valence-corrected chi connectivity index (χ3v) is 11.8. The Morgan fingerprint density at radius 2 is 0.983 bits per heavy atom. The Balaban J connectivity index is 4.42. The molecule has 0 aromatic heterocycles. The minimum Gasteiger partial charge on any atom is -0.387 e. The van der Waals surface area contributed by atoms with E-state index < -0.39 is 20.0 Å². The Labute approximate surface area is 365 Å². The molecular weight excluding hydrogens is 756 g/mol. The predicted octanol–water partition coefficient (Wildman–Crippen LogP) is 14.0. The summed E-state index contributed by atoms with van der Waals surface area (Å²) >= 11 is 0. The van der Waals surface area contributed by atoms with E-state index in [1.807, 2.05) is 27.2 Å². The third kappa shape index (κ3) is 44.3. The summed E-state index contributed by atoms with van der Waals surface area (Å²) in [7, 11) is 1.55. The highest BCUT2D eigenvalue weighted by atomic mass is 31.2. The van der Waals surface area contributed by atoms with Crippen molar-refractivity contribution in [2.45, 2.75) is 225 Å². The molecule has 0 fully saturated rings. The van der Waals surface area contributed by atoms with Crippen molar-refractivity contribution in [3.63, 3.8) is 0 Å². The van der Waals surface area contributed by atoms with E-state index in [0.717, 1.165) is 51.4 Å². The molecule has 0 saturated heterocycles. The van der Waals surface area contributed by atoms with Crippen LogP contribution in [0.1, 0.15) is 213 Å². The molecule has 59 heavy (non-hydrogen) atoms. The van der Waals surface area contributed by atoms with Gasteiger partial charge in [0.1, 0.15) is 13.2 Å². The summed E-state index contributed by atoms with van der Waals surface area (Å²) in [5, 5.41) is 13.8. The molecule has 346 valence electrons. The lowest BCUT2D eigenvalue weighted by Crippen LogP contribution is -2.45. The van der Waals surface area contributed by atoms with Gasteiger partial charge in [0.2, 0.25) is 5.91 Å². The summed E-state index contributed by atoms with van der Waals surface area (Å²) in [6, 6.07) is -0.868. The maximum absolute atomic E-state index is 12.9. The zero-order valence-corrected chi connectivity index (χ0v) is 40.1. The number of allylic oxidation sites excluding steroid dienone is 7. The fourth-order valence-corrected chi connectivity index (χ4v) is 7.59. The van der Waals surface area contributed by atoms with E-state index >= 15 is 0 Å². The minimum atomic E-state index is -4.35. The van der Waals surface area contributed by atoms with Gasteiger partial charge in [0.25, 0.3) is 0 Å². The van der Waals surface area contributed by atoms with Crippen molar-refractivity contribution in [1.29, 1.82) is 0 Å². The molecule has 0 aliphatic rings. The molecule has 0 spiro atoms. The van der Waals surface area contributed by atoms with Gasteiger partial charge >= 0.3 is 7.82 Å². The van der Waals surface area contributed by atoms with Crippen LogP contribution in [0.3, 0.4) is 0 Å². The highest BCUT2D eigenvalue weighted by Crippen LogP contribution is 2.43. The molecule has 0 bridgehead atoms. The first-order valence-corrected chi connectivity index (χ1v) is 26.0. The molecule has 0 heterocycles. The Bertz CT molecular complexity index is 1100. The van der Waals surface area contributed by atoms with Crippen molar-refractivity contribution in [3.05, 3.63) is 48.6 Å². The van der Waals surface area contributed by atoms with Gasteiger partial charge in [-0.3, -0.25) is 13.8 Å². The van der Waals surface area contributed by atoms with Crippen LogP contribution in [-0.4, -0.2) is 73.4 Å². The number of nitrogens with one attached hydrogen (secondary N) is 1. The van der Waals surface area contributed by atoms with E-state index in [9.17, 15) is 19.4 Å². The number of quaternary nitrogens is 1. The summed E-state index contributed by atoms with van der Waals surface area (Å²) in [5.41, 5.74) is 0. The van der Waals surface area contributed by atoms with Gasteiger partial charge in [0.05, 0.1) is 39.9 Å². The highest BCUT2D eigenvalue weighted by Gasteiger charge is 2.27. The number of phosphoric ester groups is 1. The van der Waals surface area contributed by atoms with Crippen LogP contribution in [-0.2, 0) is 18.4 Å². The normalized spacial score (nSPS) is 14.6. The number of amides is 1. The fraction of sp³-hybridized carbons (Fsp3) is 0.820. The maximum atomic E-state index is 12.9. The molecule has 0 aromatic rings. The quantitative estimate of drug-likeness (QED) is 0.0244. The summed E-state index contributed by atoms with van der Waals surface area (Å²) in [5.74, 6) is -0.195. The third-order valence-electron chi connectivity index (χ3n) is 10.8. The van der Waals surface area contributed by atoms with Crippen LogP contribution in [0.15, 0.2) is 48.6 Å². The highest BCUT2D eigenvalue weighted by molar-refractivity contribution is 7.47. The smallest absolute Gasteiger partial charge is 0.387 e. The average Bonchev–Trinajstić information content (AvgIpc) is 3.19. The van der Waals surface area contributed by atoms with Crippen molar-refractivity contribution in [1.82, 2.24) is 5.32 Å². The number of carbonyl (C=O) groups is 1. The van der Waals surface area contributed by atoms with Gasteiger partial charge in [-0.25, -0.2) is 4.57 Å². The number of hydrogen-bond acceptors (Lipinski definition) is 5. The van der Waals surface area contributed by atoms with Crippen LogP contribution >= 0.6 is 7.82 Å². The number of carbonyl (C=O) groups excluding carboxylic acids is 1. The number of aliphatic hydroxyl groups is 1. The van der Waals surface area contributed by atoms with Crippen molar-refractivity contribution in [2.24, 2.45) is 0 Å². The lowest BCUT2D eigenvalue weighted by molar-refractivity contribution is -0.870. The molecule has 8 nitrogen and oxygen atoms in total. The largest absolute Gasteiger partial charge is 0.472 e. The molecule has 0 aliphatic heterocycles. The fourth-order valence-electron chi connectivity index (χ4n) is 6.85. The number of likely N-dealkylation sites (N-methyl/N-ethyl adjacent to an activating group) is 1. The average molecular weight is 852 g/mol. The molecule has 0 aromatic carbocycles. The van der Waals surface area contributed by atoms with Gasteiger partial charge in [-0.1, -0.05) is 191 Å². The molecule has 0 saturated carbocycles. The van der Waals surface area contributed by atoms with Crippen LogP contribution in [0.4, 0.5) is 0 Å². The lowest BCUT2D eigenvalue weighted by atomic mass is 10.0. The van der Waals surface area contributed by atoms with E-state index in [1.54, 1.807) is 6.08 Å². The van der Waals surface area contributed by atoms with Crippen LogP contribution < -0.4 is 5.32 Å². The topological polar surface area (TPSA) is 105 Å². The first kappa shape index (κ1) is 57.5. The van der Waals surface area contributed by atoms with Crippen LogP contribution in [0.25, 0.3) is 0 Å². The Morgan fingerprint density at radius 3 is 1.47 bits per heavy atom. The van der Waals surface area contributed by atoms with E-state index in [2.05, 4.69) is 55.6 Å². The molecule has 0 rings (SSSR count). The number of aliphatic hydroxyl groups excluding tert-OH is 1. The van der Waals surface area contributed by atoms with Gasteiger partial charge < -0.3 is 19.8 Å². The SMILES string of the molecule is CCCCCC/C=C\C/C=C\CCCCCCCCCC(=O)NC(COP(=O)(O)OCC[N+](C)(C)C)C(O)/C=C/CC/C=C/CCCCCCCCCCCCCCC. The van der Waals surface area contributed by atoms with Crippen molar-refractivity contribution >= 4 is 13.7 Å². The Hall–Kier alpha value is -1.54. The second-order valence-electron chi connectivity index (χ2n) is 17.8. The summed E-state index contributed by atoms with van der Waals surface area (Å²) in [6.07, 6.45) is 53.3. The van der Waals surface area contributed by atoms with Gasteiger partial charge in [0, 0.05) is 6.42 Å². The zero-order valence-electron chi connectivity index (χ0n) is 39.2. The summed E-state index contributed by atoms with van der Waals surface area (Å²) < 4.78 is 23.6. The summed E-state index contributed by atoms with van der Waals surface area (Å²) in [6.45, 7) is 4.77. The monoisotopic (exact) mass is 852 g/mol. The molecule has 9 heteroatoms. The maximum Gasteiger partial charge on any atom is 0.472 e. The predicted molar refractivity (Wildman–Crippen MR) is 254 cm³/mol. The Kier molecular flexibility index (Phi) is 40.7. The van der Waals surface area contributed by atoms with Gasteiger partial charge in [-0.15, -0.1) is 0 Å². The second-order valence-corrected chi connectivity index (χ2v) is 19.3. The number of unbranched alkanes of at least 4 members (excludes halogenated alkanes) is 25. The van der Waals surface area contributed by atoms with Crippen molar-refractivity contribution < 1.29 is 32.9 Å². The molecule has 3 unspecified atom stereocenters. The van der Waals surface area contributed by atoms with Gasteiger partial charge in [-0.2, -0.15) is 0 Å². The number of hydrogen-bond donors (Lipinski definition) is 3. The molecule has 3 atom stereocenters. The molecule has 1 amide bonds. The number of nitrogens with zero attached hydrogens (tertiary/aromatic N) is 1. The molecule has 3 N–H and O–H groups in total. The second kappa shape index (κ2) is 41.8. The molecule has 0 aliphatic carbocycles. The van der Waals surface area contributed by atoms with E-state index in [1.165, 1.54) is 141 Å². The molecular formula is C50H96N2O6P+. The van der Waals surface area contributed by atoms with E-state index in [-0.39, 0.29) is 19.1 Å². The summed E-state index contributed by atoms with van der Waals surface area (Å²) in [4.78, 5) is 23.2. The minimum absolute atomic E-state index is 0.0534. The van der Waals surface area contributed by atoms with Crippen LogP contribution in [0, 0.1) is 0 Å².